The molecule has 0 fully saturated rings. The van der Waals surface area contributed by atoms with Crippen LogP contribution in [0, 0.1) is 5.82 Å². The van der Waals surface area contributed by atoms with Gasteiger partial charge in [0.1, 0.15) is 5.82 Å². The second-order valence-electron chi connectivity index (χ2n) is 6.83. The third-order valence-electron chi connectivity index (χ3n) is 4.53. The van der Waals surface area contributed by atoms with Crippen LogP contribution in [-0.2, 0) is 11.3 Å². The van der Waals surface area contributed by atoms with Gasteiger partial charge in [-0.05, 0) is 48.2 Å². The molecule has 9 heteroatoms. The maximum Gasteiger partial charge on any atom is 0.303 e. The number of nitrogens with one attached hydrogen (secondary N) is 1. The number of hydrogen-bond donors (Lipinski definition) is 3. The van der Waals surface area contributed by atoms with Gasteiger partial charge in [0.2, 0.25) is 0 Å². The first-order valence-electron chi connectivity index (χ1n) is 9.51. The lowest BCUT2D eigenvalue weighted by molar-refractivity contribution is -0.137. The van der Waals surface area contributed by atoms with Crippen LogP contribution in [0.15, 0.2) is 48.7 Å². The second-order valence-corrected chi connectivity index (χ2v) is 6.83. The second kappa shape index (κ2) is 9.64. The van der Waals surface area contributed by atoms with Crippen molar-refractivity contribution in [2.45, 2.75) is 32.2 Å². The van der Waals surface area contributed by atoms with Crippen LogP contribution in [0.4, 0.5) is 15.8 Å². The number of benzene rings is 2. The van der Waals surface area contributed by atoms with Crippen molar-refractivity contribution in [3.63, 3.8) is 0 Å². The van der Waals surface area contributed by atoms with Gasteiger partial charge < -0.3 is 16.2 Å². The molecule has 2 aromatic carbocycles. The van der Waals surface area contributed by atoms with Gasteiger partial charge >= 0.3 is 5.97 Å². The molecule has 0 bridgehead atoms. The number of carboxylic acid groups (broad SMARTS) is 1. The number of aromatic nitrogens is 3. The molecule has 0 aliphatic heterocycles. The lowest BCUT2D eigenvalue weighted by Gasteiger charge is -2.10. The van der Waals surface area contributed by atoms with E-state index in [4.69, 9.17) is 10.8 Å². The van der Waals surface area contributed by atoms with Crippen molar-refractivity contribution >= 4 is 23.3 Å². The van der Waals surface area contributed by atoms with E-state index in [0.29, 0.717) is 24.3 Å². The predicted octanol–water partition coefficient (Wildman–Crippen LogP) is 3.56. The molecule has 1 heterocycles. The molecule has 0 spiro atoms. The van der Waals surface area contributed by atoms with Gasteiger partial charge in [-0.1, -0.05) is 29.8 Å². The number of aryl methyl sites for hydroxylation is 1. The highest BCUT2D eigenvalue weighted by molar-refractivity contribution is 6.04. The Bertz CT molecular complexity index is 1030. The Morgan fingerprint density at radius 2 is 1.80 bits per heavy atom. The van der Waals surface area contributed by atoms with Crippen molar-refractivity contribution in [1.82, 2.24) is 15.0 Å². The summed E-state index contributed by atoms with van der Waals surface area (Å²) in [6.45, 7) is 0.544. The van der Waals surface area contributed by atoms with E-state index in [1.807, 2.05) is 0 Å². The smallest absolute Gasteiger partial charge is 0.303 e. The number of amides is 1. The summed E-state index contributed by atoms with van der Waals surface area (Å²) < 4.78 is 14.7. The van der Waals surface area contributed by atoms with Gasteiger partial charge in [-0.2, -0.15) is 0 Å². The molecule has 0 aliphatic carbocycles. The maximum atomic E-state index is 13.1. The SMILES string of the molecule is Nc1ccc(-c2ccc(F)cc2)cc1NC(=O)c1cn(CCCCCC(=O)O)nn1. The van der Waals surface area contributed by atoms with Crippen molar-refractivity contribution < 1.29 is 19.1 Å². The molecule has 4 N–H and O–H groups in total. The summed E-state index contributed by atoms with van der Waals surface area (Å²) in [5.74, 6) is -1.58. The van der Waals surface area contributed by atoms with Crippen molar-refractivity contribution in [2.24, 2.45) is 0 Å². The van der Waals surface area contributed by atoms with Gasteiger partial charge in [-0.15, -0.1) is 5.10 Å². The maximum absolute atomic E-state index is 13.1. The molecule has 0 atom stereocenters. The first-order valence-corrected chi connectivity index (χ1v) is 9.51. The van der Waals surface area contributed by atoms with Gasteiger partial charge in [-0.25, -0.2) is 4.39 Å². The molecule has 3 rings (SSSR count). The Morgan fingerprint density at radius 3 is 2.53 bits per heavy atom. The van der Waals surface area contributed by atoms with Gasteiger partial charge in [0.05, 0.1) is 17.6 Å². The Morgan fingerprint density at radius 1 is 1.07 bits per heavy atom. The summed E-state index contributed by atoms with van der Waals surface area (Å²) in [7, 11) is 0. The van der Waals surface area contributed by atoms with Crippen LogP contribution >= 0.6 is 0 Å². The monoisotopic (exact) mass is 411 g/mol. The number of anilines is 2. The zero-order valence-electron chi connectivity index (χ0n) is 16.2. The van der Waals surface area contributed by atoms with Crippen molar-refractivity contribution in [1.29, 1.82) is 0 Å². The zero-order valence-corrected chi connectivity index (χ0v) is 16.2. The van der Waals surface area contributed by atoms with Crippen molar-refractivity contribution in [3.8, 4) is 11.1 Å². The number of unbranched alkanes of at least 4 members (excludes halogenated alkanes) is 2. The van der Waals surface area contributed by atoms with Crippen molar-refractivity contribution in [3.05, 3.63) is 60.2 Å². The fraction of sp³-hybridized carbons (Fsp3) is 0.238. The van der Waals surface area contributed by atoms with Crippen LogP contribution < -0.4 is 11.1 Å². The highest BCUT2D eigenvalue weighted by Crippen LogP contribution is 2.27. The van der Waals surface area contributed by atoms with Crippen LogP contribution in [0.3, 0.4) is 0 Å². The molecule has 30 heavy (non-hydrogen) atoms. The highest BCUT2D eigenvalue weighted by atomic mass is 19.1. The van der Waals surface area contributed by atoms with Gasteiger partial charge in [-0.3, -0.25) is 14.3 Å². The molecular formula is C21H22FN5O3. The molecular weight excluding hydrogens is 389 g/mol. The lowest BCUT2D eigenvalue weighted by atomic mass is 10.0. The number of rotatable bonds is 9. The number of carbonyl (C=O) groups excluding carboxylic acids is 1. The highest BCUT2D eigenvalue weighted by Gasteiger charge is 2.13. The Labute approximate surface area is 172 Å². The number of nitrogens with two attached hydrogens (primary N) is 1. The van der Waals surface area contributed by atoms with E-state index < -0.39 is 11.9 Å². The molecule has 0 aliphatic rings. The number of hydrogen-bond acceptors (Lipinski definition) is 5. The van der Waals surface area contributed by atoms with Crippen LogP contribution in [0.1, 0.15) is 36.2 Å². The molecule has 1 amide bonds. The minimum Gasteiger partial charge on any atom is -0.481 e. The standard InChI is InChI=1S/C21H22FN5O3/c22-16-8-5-14(6-9-16)15-7-10-17(23)18(12-15)24-21(30)19-13-27(26-25-19)11-3-1-2-4-20(28)29/h5-10,12-13H,1-4,11,23H2,(H,24,30)(H,28,29). The van der Waals surface area contributed by atoms with E-state index in [1.54, 1.807) is 35.0 Å². The zero-order chi connectivity index (χ0) is 21.5. The first kappa shape index (κ1) is 21.0. The van der Waals surface area contributed by atoms with Crippen LogP contribution in [0.2, 0.25) is 0 Å². The molecule has 0 saturated carbocycles. The van der Waals surface area contributed by atoms with E-state index in [-0.39, 0.29) is 17.9 Å². The third kappa shape index (κ3) is 5.63. The Hall–Kier alpha value is -3.75. The molecule has 156 valence electrons. The molecule has 8 nitrogen and oxygen atoms in total. The number of carbonyl (C=O) groups is 2. The van der Waals surface area contributed by atoms with Crippen molar-refractivity contribution in [2.75, 3.05) is 11.1 Å². The first-order chi connectivity index (χ1) is 14.4. The number of nitrogens with zero attached hydrogens (tertiary/aromatic N) is 3. The molecule has 1 aromatic heterocycles. The fourth-order valence-electron chi connectivity index (χ4n) is 2.91. The summed E-state index contributed by atoms with van der Waals surface area (Å²) in [5.41, 5.74) is 8.51. The molecule has 0 unspecified atom stereocenters. The largest absolute Gasteiger partial charge is 0.481 e. The van der Waals surface area contributed by atoms with Crippen LogP contribution in [0.5, 0.6) is 0 Å². The molecule has 0 saturated heterocycles. The van der Waals surface area contributed by atoms with Crippen LogP contribution in [0.25, 0.3) is 11.1 Å². The fourth-order valence-corrected chi connectivity index (χ4v) is 2.91. The summed E-state index contributed by atoms with van der Waals surface area (Å²) in [5, 5.41) is 19.2. The summed E-state index contributed by atoms with van der Waals surface area (Å²) in [6.07, 6.45) is 3.77. The minimum absolute atomic E-state index is 0.142. The van der Waals surface area contributed by atoms with Crippen LogP contribution in [-0.4, -0.2) is 32.0 Å². The molecule has 3 aromatic rings. The van der Waals surface area contributed by atoms with E-state index in [1.165, 1.54) is 18.3 Å². The summed E-state index contributed by atoms with van der Waals surface area (Å²) >= 11 is 0. The molecule has 0 radical (unpaired) electrons. The van der Waals surface area contributed by atoms with Gasteiger partial charge in [0, 0.05) is 13.0 Å². The minimum atomic E-state index is -0.808. The Balaban J connectivity index is 1.62. The quantitative estimate of drug-likeness (QED) is 0.365. The topological polar surface area (TPSA) is 123 Å². The lowest BCUT2D eigenvalue weighted by Crippen LogP contribution is -2.13. The predicted molar refractivity (Wildman–Crippen MR) is 110 cm³/mol. The number of halogens is 1. The van der Waals surface area contributed by atoms with E-state index in [9.17, 15) is 14.0 Å². The summed E-state index contributed by atoms with van der Waals surface area (Å²) in [6, 6.07) is 11.2. The number of nitrogen functional groups attached to an aromatic ring is 1. The van der Waals surface area contributed by atoms with Gasteiger partial charge in [0.15, 0.2) is 5.69 Å². The third-order valence-corrected chi connectivity index (χ3v) is 4.53. The number of carboxylic acids is 1. The Kier molecular flexibility index (Phi) is 6.74. The average Bonchev–Trinajstić information content (AvgIpc) is 3.19. The average molecular weight is 411 g/mol. The number of aliphatic carboxylic acids is 1. The van der Waals surface area contributed by atoms with E-state index in [0.717, 1.165) is 24.0 Å². The summed E-state index contributed by atoms with van der Waals surface area (Å²) in [4.78, 5) is 23.0. The normalized spacial score (nSPS) is 10.7. The van der Waals surface area contributed by atoms with E-state index >= 15 is 0 Å². The van der Waals surface area contributed by atoms with E-state index in [2.05, 4.69) is 15.6 Å². The van der Waals surface area contributed by atoms with Gasteiger partial charge in [0.25, 0.3) is 5.91 Å².